The van der Waals surface area contributed by atoms with Gasteiger partial charge in [0.2, 0.25) is 5.91 Å². The minimum absolute atomic E-state index is 0.00880. The van der Waals surface area contributed by atoms with Crippen molar-refractivity contribution in [2.75, 3.05) is 6.61 Å². The van der Waals surface area contributed by atoms with Crippen LogP contribution in [0.1, 0.15) is 52.9 Å². The largest absolute Gasteiger partial charge is 0.480 e. The number of nitrogens with one attached hydrogen (secondary N) is 1. The minimum atomic E-state index is -0.941. The van der Waals surface area contributed by atoms with Gasteiger partial charge in [0.05, 0.1) is 12.6 Å². The summed E-state index contributed by atoms with van der Waals surface area (Å²) in [6.45, 7) is 5.32. The number of likely N-dealkylation sites (tertiary alicyclic amines) is 1. The molecule has 0 spiro atoms. The molecule has 1 aliphatic heterocycles. The Balaban J connectivity index is 2.07. The fourth-order valence-corrected chi connectivity index (χ4v) is 4.00. The number of nitrogens with zero attached hydrogens (tertiary/aromatic N) is 1. The molecule has 24 heavy (non-hydrogen) atoms. The predicted octanol–water partition coefficient (Wildman–Crippen LogP) is 1.16. The molecule has 0 bridgehead atoms. The quantitative estimate of drug-likeness (QED) is 0.705. The summed E-state index contributed by atoms with van der Waals surface area (Å²) in [5, 5.41) is 12.5. The van der Waals surface area contributed by atoms with E-state index >= 15 is 0 Å². The summed E-state index contributed by atoms with van der Waals surface area (Å²) in [5.74, 6) is -1.32. The highest BCUT2D eigenvalue weighted by atomic mass is 16.5. The molecule has 7 nitrogen and oxygen atoms in total. The van der Waals surface area contributed by atoms with E-state index in [9.17, 15) is 19.5 Å². The van der Waals surface area contributed by atoms with Crippen LogP contribution in [0, 0.1) is 5.92 Å². The van der Waals surface area contributed by atoms with Crippen molar-refractivity contribution in [1.29, 1.82) is 0 Å². The molecule has 0 radical (unpaired) electrons. The van der Waals surface area contributed by atoms with E-state index in [1.165, 1.54) is 0 Å². The van der Waals surface area contributed by atoms with Gasteiger partial charge in [-0.3, -0.25) is 14.9 Å². The normalized spacial score (nSPS) is 28.8. The third-order valence-corrected chi connectivity index (χ3v) is 5.14. The Bertz CT molecular complexity index is 495. The zero-order valence-corrected chi connectivity index (χ0v) is 14.7. The standard InChI is InChI=1S/C17H28N2O5/c1-4-24-17(23)11(3)18-10(2)15(20)19-13-8-6-5-7-12(13)9-14(19)16(21)22/h10-14,18H,4-9H2,1-3H3,(H,21,22)/t10-,11?,12?,13?,14-/m0/s1. The third kappa shape index (κ3) is 3.88. The third-order valence-electron chi connectivity index (χ3n) is 5.14. The molecule has 2 aliphatic rings. The Hall–Kier alpha value is -1.63. The Labute approximate surface area is 142 Å². The second-order valence-corrected chi connectivity index (χ2v) is 6.81. The van der Waals surface area contributed by atoms with Gasteiger partial charge in [-0.25, -0.2) is 4.79 Å². The number of carbonyl (C=O) groups excluding carboxylic acids is 2. The maximum absolute atomic E-state index is 12.9. The maximum atomic E-state index is 12.9. The Morgan fingerprint density at radius 2 is 1.88 bits per heavy atom. The summed E-state index contributed by atoms with van der Waals surface area (Å²) in [5.41, 5.74) is 0. The molecular weight excluding hydrogens is 312 g/mol. The van der Waals surface area contributed by atoms with E-state index in [0.717, 1.165) is 25.7 Å². The molecule has 5 atom stereocenters. The highest BCUT2D eigenvalue weighted by Gasteiger charge is 2.48. The number of esters is 1. The van der Waals surface area contributed by atoms with Crippen molar-refractivity contribution >= 4 is 17.8 Å². The molecule has 1 heterocycles. The first-order valence-corrected chi connectivity index (χ1v) is 8.84. The topological polar surface area (TPSA) is 95.9 Å². The fourth-order valence-electron chi connectivity index (χ4n) is 4.00. The van der Waals surface area contributed by atoms with Crippen molar-refractivity contribution in [1.82, 2.24) is 10.2 Å². The van der Waals surface area contributed by atoms with Crippen molar-refractivity contribution < 1.29 is 24.2 Å². The van der Waals surface area contributed by atoms with Crippen molar-refractivity contribution in [3.8, 4) is 0 Å². The highest BCUT2D eigenvalue weighted by molar-refractivity contribution is 5.88. The molecule has 2 fully saturated rings. The van der Waals surface area contributed by atoms with E-state index in [1.807, 2.05) is 0 Å². The van der Waals surface area contributed by atoms with Crippen molar-refractivity contribution in [2.24, 2.45) is 5.92 Å². The molecule has 1 amide bonds. The van der Waals surface area contributed by atoms with Gasteiger partial charge in [-0.1, -0.05) is 12.8 Å². The van der Waals surface area contributed by atoms with E-state index in [2.05, 4.69) is 5.32 Å². The van der Waals surface area contributed by atoms with E-state index in [0.29, 0.717) is 6.42 Å². The molecule has 0 aromatic rings. The first kappa shape index (κ1) is 18.7. The van der Waals surface area contributed by atoms with Gasteiger partial charge in [0.15, 0.2) is 0 Å². The number of carbonyl (C=O) groups is 3. The first-order chi connectivity index (χ1) is 11.4. The van der Waals surface area contributed by atoms with Gasteiger partial charge < -0.3 is 14.7 Å². The van der Waals surface area contributed by atoms with Gasteiger partial charge in [-0.2, -0.15) is 0 Å². The van der Waals surface area contributed by atoms with Crippen LogP contribution in [0.15, 0.2) is 0 Å². The number of hydrogen-bond acceptors (Lipinski definition) is 5. The molecule has 0 aromatic carbocycles. The van der Waals surface area contributed by atoms with Crippen LogP contribution in [-0.2, 0) is 19.1 Å². The van der Waals surface area contributed by atoms with E-state index in [4.69, 9.17) is 4.74 Å². The van der Waals surface area contributed by atoms with Gasteiger partial charge in [0.25, 0.3) is 0 Å². The zero-order valence-electron chi connectivity index (χ0n) is 14.7. The predicted molar refractivity (Wildman–Crippen MR) is 87.3 cm³/mol. The number of amides is 1. The molecule has 2 rings (SSSR count). The summed E-state index contributed by atoms with van der Waals surface area (Å²) in [7, 11) is 0. The van der Waals surface area contributed by atoms with Crippen molar-refractivity contribution in [3.05, 3.63) is 0 Å². The molecule has 0 aromatic heterocycles. The average Bonchev–Trinajstić information content (AvgIpc) is 2.93. The number of aliphatic carboxylic acids is 1. The number of ether oxygens (including phenoxy) is 1. The Kier molecular flexibility index (Phi) is 6.21. The van der Waals surface area contributed by atoms with Crippen LogP contribution in [-0.4, -0.2) is 58.6 Å². The lowest BCUT2D eigenvalue weighted by Crippen LogP contribution is -2.55. The van der Waals surface area contributed by atoms with Crippen molar-refractivity contribution in [2.45, 2.75) is 77.0 Å². The zero-order chi connectivity index (χ0) is 17.9. The Morgan fingerprint density at radius 3 is 2.50 bits per heavy atom. The highest BCUT2D eigenvalue weighted by Crippen LogP contribution is 2.40. The molecule has 2 N–H and O–H groups in total. The first-order valence-electron chi connectivity index (χ1n) is 8.84. The molecule has 136 valence electrons. The van der Waals surface area contributed by atoms with Gasteiger partial charge >= 0.3 is 11.9 Å². The number of hydrogen-bond donors (Lipinski definition) is 2. The van der Waals surface area contributed by atoms with Gasteiger partial charge in [-0.15, -0.1) is 0 Å². The number of rotatable bonds is 6. The van der Waals surface area contributed by atoms with Crippen LogP contribution < -0.4 is 5.32 Å². The summed E-state index contributed by atoms with van der Waals surface area (Å²) in [6, 6.07) is -1.99. The van der Waals surface area contributed by atoms with Crippen molar-refractivity contribution in [3.63, 3.8) is 0 Å². The van der Waals surface area contributed by atoms with Crippen LogP contribution in [0.25, 0.3) is 0 Å². The summed E-state index contributed by atoms with van der Waals surface area (Å²) >= 11 is 0. The van der Waals surface area contributed by atoms with Crippen LogP contribution in [0.3, 0.4) is 0 Å². The minimum Gasteiger partial charge on any atom is -0.480 e. The fraction of sp³-hybridized carbons (Fsp3) is 0.824. The smallest absolute Gasteiger partial charge is 0.326 e. The summed E-state index contributed by atoms with van der Waals surface area (Å²) < 4.78 is 4.93. The van der Waals surface area contributed by atoms with Gasteiger partial charge in [0, 0.05) is 6.04 Å². The maximum Gasteiger partial charge on any atom is 0.326 e. The van der Waals surface area contributed by atoms with Crippen LogP contribution in [0.4, 0.5) is 0 Å². The Morgan fingerprint density at radius 1 is 1.21 bits per heavy atom. The number of carboxylic acids is 1. The lowest BCUT2D eigenvalue weighted by molar-refractivity contribution is -0.151. The lowest BCUT2D eigenvalue weighted by atomic mass is 9.84. The molecule has 1 saturated carbocycles. The van der Waals surface area contributed by atoms with E-state index in [1.54, 1.807) is 25.7 Å². The number of carboxylic acid groups (broad SMARTS) is 1. The molecular formula is C17H28N2O5. The van der Waals surface area contributed by atoms with Crippen LogP contribution in [0.2, 0.25) is 0 Å². The second-order valence-electron chi connectivity index (χ2n) is 6.81. The molecule has 7 heteroatoms. The van der Waals surface area contributed by atoms with E-state index < -0.39 is 30.1 Å². The van der Waals surface area contributed by atoms with Crippen LogP contribution >= 0.6 is 0 Å². The molecule has 1 saturated heterocycles. The number of fused-ring (bicyclic) bond motifs is 1. The summed E-state index contributed by atoms with van der Waals surface area (Å²) in [6.07, 6.45) is 4.51. The van der Waals surface area contributed by atoms with Crippen LogP contribution in [0.5, 0.6) is 0 Å². The SMILES string of the molecule is CCOC(=O)C(C)N[C@@H](C)C(=O)N1C2CCCCC2C[C@H]1C(=O)O. The molecule has 3 unspecified atom stereocenters. The molecule has 1 aliphatic carbocycles. The average molecular weight is 340 g/mol. The van der Waals surface area contributed by atoms with Gasteiger partial charge in [-0.05, 0) is 46.0 Å². The lowest BCUT2D eigenvalue weighted by Gasteiger charge is -2.35. The second kappa shape index (κ2) is 7.96. The summed E-state index contributed by atoms with van der Waals surface area (Å²) in [4.78, 5) is 37.8. The van der Waals surface area contributed by atoms with Gasteiger partial charge in [0.1, 0.15) is 12.1 Å². The van der Waals surface area contributed by atoms with E-state index in [-0.39, 0.29) is 24.5 Å². The monoisotopic (exact) mass is 340 g/mol.